The summed E-state index contributed by atoms with van der Waals surface area (Å²) in [5.41, 5.74) is 0.273. The zero-order chi connectivity index (χ0) is 16.1. The molecule has 0 saturated carbocycles. The minimum atomic E-state index is -0.856. The van der Waals surface area contributed by atoms with E-state index in [1.54, 1.807) is 25.1 Å². The molecule has 0 unspecified atom stereocenters. The first-order valence-corrected chi connectivity index (χ1v) is 6.88. The Labute approximate surface area is 128 Å². The highest BCUT2D eigenvalue weighted by Crippen LogP contribution is 2.29. The fourth-order valence-corrected chi connectivity index (χ4v) is 2.08. The van der Waals surface area contributed by atoms with Gasteiger partial charge in [0.05, 0.1) is 12.7 Å². The van der Waals surface area contributed by atoms with Gasteiger partial charge in [-0.2, -0.15) is 0 Å². The zero-order valence-corrected chi connectivity index (χ0v) is 12.5. The standard InChI is InChI=1S/C16H18O6/c1-4-7-20-12-6-5-11(9-13(12)19-3)15(17)22-14-8-10(2)21-16(14)18/h4-6,9-10,14H,1,7-8H2,2-3H3/t10-,14+/m1/s1. The van der Waals surface area contributed by atoms with Crippen molar-refractivity contribution in [2.75, 3.05) is 13.7 Å². The Bertz CT molecular complexity index is 580. The van der Waals surface area contributed by atoms with Gasteiger partial charge in [0.2, 0.25) is 6.10 Å². The normalized spacial score (nSPS) is 20.2. The lowest BCUT2D eigenvalue weighted by molar-refractivity contribution is -0.147. The van der Waals surface area contributed by atoms with Crippen molar-refractivity contribution in [3.05, 3.63) is 36.4 Å². The lowest BCUT2D eigenvalue weighted by Crippen LogP contribution is -2.22. The van der Waals surface area contributed by atoms with E-state index in [-0.39, 0.29) is 11.7 Å². The Morgan fingerprint density at radius 3 is 2.82 bits per heavy atom. The van der Waals surface area contributed by atoms with Crippen LogP contribution in [0.3, 0.4) is 0 Å². The van der Waals surface area contributed by atoms with Crippen LogP contribution in [0.15, 0.2) is 30.9 Å². The van der Waals surface area contributed by atoms with Crippen molar-refractivity contribution in [1.29, 1.82) is 0 Å². The molecule has 1 fully saturated rings. The highest BCUT2D eigenvalue weighted by molar-refractivity contribution is 5.92. The van der Waals surface area contributed by atoms with Crippen molar-refractivity contribution in [3.63, 3.8) is 0 Å². The largest absolute Gasteiger partial charge is 0.493 e. The number of hydrogen-bond acceptors (Lipinski definition) is 6. The van der Waals surface area contributed by atoms with Crippen LogP contribution in [-0.2, 0) is 14.3 Å². The zero-order valence-electron chi connectivity index (χ0n) is 12.5. The molecule has 0 amide bonds. The third kappa shape index (κ3) is 3.58. The molecule has 2 rings (SSSR count). The number of esters is 2. The molecule has 0 radical (unpaired) electrons. The monoisotopic (exact) mass is 306 g/mol. The van der Waals surface area contributed by atoms with Gasteiger partial charge in [0, 0.05) is 6.42 Å². The SMILES string of the molecule is C=CCOc1ccc(C(=O)O[C@H]2C[C@@H](C)OC2=O)cc1OC. The van der Waals surface area contributed by atoms with Gasteiger partial charge in [0.15, 0.2) is 11.5 Å². The molecule has 0 aromatic heterocycles. The van der Waals surface area contributed by atoms with Gasteiger partial charge in [0.25, 0.3) is 0 Å². The molecule has 1 saturated heterocycles. The number of carbonyl (C=O) groups excluding carboxylic acids is 2. The summed E-state index contributed by atoms with van der Waals surface area (Å²) in [6, 6.07) is 4.66. The maximum absolute atomic E-state index is 12.1. The first kappa shape index (κ1) is 15.9. The van der Waals surface area contributed by atoms with Gasteiger partial charge in [-0.15, -0.1) is 0 Å². The molecular weight excluding hydrogens is 288 g/mol. The summed E-state index contributed by atoms with van der Waals surface area (Å²) in [4.78, 5) is 23.6. The van der Waals surface area contributed by atoms with Crippen LogP contribution in [0.2, 0.25) is 0 Å². The van der Waals surface area contributed by atoms with Crippen molar-refractivity contribution in [1.82, 2.24) is 0 Å². The van der Waals surface area contributed by atoms with Crippen molar-refractivity contribution in [2.24, 2.45) is 0 Å². The molecule has 1 heterocycles. The van der Waals surface area contributed by atoms with Gasteiger partial charge >= 0.3 is 11.9 Å². The van der Waals surface area contributed by atoms with E-state index in [1.165, 1.54) is 13.2 Å². The molecule has 2 atom stereocenters. The second-order valence-electron chi connectivity index (χ2n) is 4.84. The van der Waals surface area contributed by atoms with Crippen LogP contribution in [0.4, 0.5) is 0 Å². The average Bonchev–Trinajstić information content (AvgIpc) is 2.82. The molecular formula is C16H18O6. The van der Waals surface area contributed by atoms with Crippen molar-refractivity contribution < 1.29 is 28.5 Å². The van der Waals surface area contributed by atoms with Crippen molar-refractivity contribution in [2.45, 2.75) is 25.6 Å². The van der Waals surface area contributed by atoms with Gasteiger partial charge in [-0.25, -0.2) is 9.59 Å². The Morgan fingerprint density at radius 2 is 2.23 bits per heavy atom. The first-order chi connectivity index (χ1) is 10.5. The van der Waals surface area contributed by atoms with Crippen LogP contribution in [0.5, 0.6) is 11.5 Å². The van der Waals surface area contributed by atoms with E-state index in [1.807, 2.05) is 0 Å². The summed E-state index contributed by atoms with van der Waals surface area (Å²) in [6.45, 7) is 5.64. The lowest BCUT2D eigenvalue weighted by atomic mass is 10.2. The lowest BCUT2D eigenvalue weighted by Gasteiger charge is -2.12. The van der Waals surface area contributed by atoms with Gasteiger partial charge < -0.3 is 18.9 Å². The molecule has 0 aliphatic carbocycles. The number of hydrogen-bond donors (Lipinski definition) is 0. The Morgan fingerprint density at radius 1 is 1.45 bits per heavy atom. The quantitative estimate of drug-likeness (QED) is 0.592. The number of ether oxygens (including phenoxy) is 4. The number of methoxy groups -OCH3 is 1. The van der Waals surface area contributed by atoms with E-state index in [9.17, 15) is 9.59 Å². The second kappa shape index (κ2) is 6.98. The van der Waals surface area contributed by atoms with Crippen LogP contribution < -0.4 is 9.47 Å². The summed E-state index contributed by atoms with van der Waals surface area (Å²) >= 11 is 0. The summed E-state index contributed by atoms with van der Waals surface area (Å²) in [5.74, 6) is -0.227. The molecule has 1 aromatic rings. The van der Waals surface area contributed by atoms with Crippen LogP contribution in [0.25, 0.3) is 0 Å². The topological polar surface area (TPSA) is 71.1 Å². The predicted octanol–water partition coefficient (Wildman–Crippen LogP) is 2.12. The Hall–Kier alpha value is -2.50. The third-order valence-electron chi connectivity index (χ3n) is 3.13. The third-order valence-corrected chi connectivity index (χ3v) is 3.13. The number of carbonyl (C=O) groups is 2. The van der Waals surface area contributed by atoms with E-state index in [2.05, 4.69) is 6.58 Å². The minimum absolute atomic E-state index is 0.241. The van der Waals surface area contributed by atoms with Crippen LogP contribution in [0, 0.1) is 0 Å². The first-order valence-electron chi connectivity index (χ1n) is 6.88. The minimum Gasteiger partial charge on any atom is -0.493 e. The molecule has 1 aromatic carbocycles. The maximum atomic E-state index is 12.1. The van der Waals surface area contributed by atoms with Crippen LogP contribution in [0.1, 0.15) is 23.7 Å². The second-order valence-corrected chi connectivity index (χ2v) is 4.84. The highest BCUT2D eigenvalue weighted by atomic mass is 16.6. The molecule has 118 valence electrons. The van der Waals surface area contributed by atoms with Gasteiger partial charge in [-0.1, -0.05) is 12.7 Å². The molecule has 0 spiro atoms. The highest BCUT2D eigenvalue weighted by Gasteiger charge is 2.35. The predicted molar refractivity (Wildman–Crippen MR) is 78.1 cm³/mol. The molecule has 22 heavy (non-hydrogen) atoms. The van der Waals surface area contributed by atoms with Gasteiger partial charge in [-0.3, -0.25) is 0 Å². The van der Waals surface area contributed by atoms with E-state index < -0.39 is 18.0 Å². The molecule has 6 heteroatoms. The number of cyclic esters (lactones) is 1. The molecule has 0 bridgehead atoms. The number of rotatable bonds is 6. The fraction of sp³-hybridized carbons (Fsp3) is 0.375. The molecule has 1 aliphatic rings. The van der Waals surface area contributed by atoms with Gasteiger partial charge in [0.1, 0.15) is 12.7 Å². The summed E-state index contributed by atoms with van der Waals surface area (Å²) in [7, 11) is 1.47. The maximum Gasteiger partial charge on any atom is 0.347 e. The fourth-order valence-electron chi connectivity index (χ4n) is 2.08. The van der Waals surface area contributed by atoms with E-state index in [4.69, 9.17) is 18.9 Å². The van der Waals surface area contributed by atoms with Crippen LogP contribution in [-0.4, -0.2) is 37.9 Å². The van der Waals surface area contributed by atoms with Crippen LogP contribution >= 0.6 is 0 Å². The summed E-state index contributed by atoms with van der Waals surface area (Å²) < 4.78 is 20.7. The number of benzene rings is 1. The average molecular weight is 306 g/mol. The Kier molecular flexibility index (Phi) is 5.04. The van der Waals surface area contributed by atoms with E-state index in [0.29, 0.717) is 24.5 Å². The molecule has 0 N–H and O–H groups in total. The smallest absolute Gasteiger partial charge is 0.347 e. The van der Waals surface area contributed by atoms with E-state index >= 15 is 0 Å². The Balaban J connectivity index is 2.09. The van der Waals surface area contributed by atoms with Gasteiger partial charge in [-0.05, 0) is 25.1 Å². The van der Waals surface area contributed by atoms with E-state index in [0.717, 1.165) is 0 Å². The summed E-state index contributed by atoms with van der Waals surface area (Å²) in [5, 5.41) is 0. The van der Waals surface area contributed by atoms with Crippen molar-refractivity contribution >= 4 is 11.9 Å². The van der Waals surface area contributed by atoms with Crippen molar-refractivity contribution in [3.8, 4) is 11.5 Å². The molecule has 1 aliphatic heterocycles. The molecule has 6 nitrogen and oxygen atoms in total. The summed E-state index contributed by atoms with van der Waals surface area (Å²) in [6.07, 6.45) is 0.871.